The fourth-order valence-corrected chi connectivity index (χ4v) is 4.11. The normalized spacial score (nSPS) is 33.4. The molecule has 3 aliphatic rings. The molecule has 0 bridgehead atoms. The van der Waals surface area contributed by atoms with Gasteiger partial charge in [-0.25, -0.2) is 0 Å². The topological polar surface area (TPSA) is 82.9 Å². The summed E-state index contributed by atoms with van der Waals surface area (Å²) in [6.45, 7) is 3.69. The number of amides is 2. The standard InChI is InChI=1S/C18H19N3O4/c1-10-16(22)21-12(17(23)20(10)3)7-18(2,8-19)15(21)11-4-5-13-14(6-11)25-9-24-13/h4-6,10,12,15H,7,9H2,1-3H3/t10-,12?,15?,18+/m0/s1. The summed E-state index contributed by atoms with van der Waals surface area (Å²) in [5.74, 6) is 0.999. The number of ether oxygens (including phenoxy) is 2. The van der Waals surface area contributed by atoms with Crippen molar-refractivity contribution in [1.29, 1.82) is 5.26 Å². The molecule has 3 aliphatic heterocycles. The van der Waals surface area contributed by atoms with Gasteiger partial charge in [-0.1, -0.05) is 6.07 Å². The summed E-state index contributed by atoms with van der Waals surface area (Å²) in [7, 11) is 1.64. The Balaban J connectivity index is 1.83. The van der Waals surface area contributed by atoms with Gasteiger partial charge in [-0.2, -0.15) is 5.26 Å². The van der Waals surface area contributed by atoms with Crippen molar-refractivity contribution in [2.24, 2.45) is 5.41 Å². The first-order valence-corrected chi connectivity index (χ1v) is 8.27. The van der Waals surface area contributed by atoms with E-state index < -0.39 is 23.5 Å². The monoisotopic (exact) mass is 341 g/mol. The fraction of sp³-hybridized carbons (Fsp3) is 0.500. The van der Waals surface area contributed by atoms with Crippen LogP contribution in [0.5, 0.6) is 11.5 Å². The molecule has 2 amide bonds. The van der Waals surface area contributed by atoms with Crippen LogP contribution in [0.2, 0.25) is 0 Å². The van der Waals surface area contributed by atoms with Gasteiger partial charge < -0.3 is 19.3 Å². The summed E-state index contributed by atoms with van der Waals surface area (Å²) in [4.78, 5) is 28.7. The van der Waals surface area contributed by atoms with Gasteiger partial charge in [0.25, 0.3) is 0 Å². The van der Waals surface area contributed by atoms with E-state index in [1.54, 1.807) is 24.9 Å². The van der Waals surface area contributed by atoms with Crippen molar-refractivity contribution in [3.8, 4) is 17.6 Å². The molecule has 1 aromatic carbocycles. The van der Waals surface area contributed by atoms with E-state index in [4.69, 9.17) is 9.47 Å². The molecule has 0 spiro atoms. The Morgan fingerprint density at radius 2 is 1.96 bits per heavy atom. The number of benzene rings is 1. The molecule has 0 aliphatic carbocycles. The first-order valence-electron chi connectivity index (χ1n) is 8.27. The second kappa shape index (κ2) is 5.12. The van der Waals surface area contributed by atoms with Gasteiger partial charge in [-0.05, 0) is 38.0 Å². The van der Waals surface area contributed by atoms with Crippen LogP contribution in [-0.4, -0.2) is 47.5 Å². The minimum Gasteiger partial charge on any atom is -0.454 e. The molecule has 0 aromatic heterocycles. The smallest absolute Gasteiger partial charge is 0.246 e. The summed E-state index contributed by atoms with van der Waals surface area (Å²) < 4.78 is 10.8. The van der Waals surface area contributed by atoms with Crippen LogP contribution in [0, 0.1) is 16.7 Å². The van der Waals surface area contributed by atoms with Gasteiger partial charge in [0.05, 0.1) is 17.5 Å². The first kappa shape index (κ1) is 15.8. The zero-order chi connectivity index (χ0) is 17.9. The van der Waals surface area contributed by atoms with E-state index >= 15 is 0 Å². The number of rotatable bonds is 1. The molecule has 130 valence electrons. The molecule has 0 radical (unpaired) electrons. The van der Waals surface area contributed by atoms with Crippen molar-refractivity contribution in [2.75, 3.05) is 13.8 Å². The summed E-state index contributed by atoms with van der Waals surface area (Å²) >= 11 is 0. The number of carbonyl (C=O) groups excluding carboxylic acids is 2. The highest BCUT2D eigenvalue weighted by atomic mass is 16.7. The number of hydrogen-bond acceptors (Lipinski definition) is 5. The maximum Gasteiger partial charge on any atom is 0.246 e. The largest absolute Gasteiger partial charge is 0.454 e. The van der Waals surface area contributed by atoms with E-state index in [2.05, 4.69) is 6.07 Å². The zero-order valence-corrected chi connectivity index (χ0v) is 14.4. The molecule has 0 saturated carbocycles. The summed E-state index contributed by atoms with van der Waals surface area (Å²) in [5, 5.41) is 9.83. The summed E-state index contributed by atoms with van der Waals surface area (Å²) in [6.07, 6.45) is 0.324. The van der Waals surface area contributed by atoms with Crippen molar-refractivity contribution in [1.82, 2.24) is 9.80 Å². The molecule has 1 aromatic rings. The minimum atomic E-state index is -0.853. The maximum absolute atomic E-state index is 13.0. The van der Waals surface area contributed by atoms with E-state index in [0.29, 0.717) is 17.9 Å². The molecule has 3 heterocycles. The lowest BCUT2D eigenvalue weighted by molar-refractivity contribution is -0.159. The Kier molecular flexibility index (Phi) is 3.23. The van der Waals surface area contributed by atoms with Gasteiger partial charge in [0.15, 0.2) is 11.5 Å². The Bertz CT molecular complexity index is 817. The van der Waals surface area contributed by atoms with Crippen LogP contribution in [0.1, 0.15) is 31.9 Å². The van der Waals surface area contributed by atoms with Crippen molar-refractivity contribution in [3.63, 3.8) is 0 Å². The summed E-state index contributed by atoms with van der Waals surface area (Å²) in [5.41, 5.74) is -0.0668. The van der Waals surface area contributed by atoms with E-state index in [0.717, 1.165) is 5.56 Å². The molecule has 4 rings (SSSR count). The molecule has 4 atom stereocenters. The Morgan fingerprint density at radius 1 is 1.24 bits per heavy atom. The van der Waals surface area contributed by atoms with Crippen LogP contribution in [0.15, 0.2) is 18.2 Å². The van der Waals surface area contributed by atoms with Crippen molar-refractivity contribution >= 4 is 11.8 Å². The second-order valence-corrected chi connectivity index (χ2v) is 7.14. The highest BCUT2D eigenvalue weighted by Crippen LogP contribution is 2.52. The Morgan fingerprint density at radius 3 is 2.68 bits per heavy atom. The maximum atomic E-state index is 13.0. The van der Waals surface area contributed by atoms with Gasteiger partial charge in [0.2, 0.25) is 18.6 Å². The quantitative estimate of drug-likeness (QED) is 0.772. The van der Waals surface area contributed by atoms with Crippen LogP contribution in [0.4, 0.5) is 0 Å². The van der Waals surface area contributed by atoms with Crippen molar-refractivity contribution in [2.45, 2.75) is 38.4 Å². The average Bonchev–Trinajstić information content (AvgIpc) is 3.20. The number of nitriles is 1. The molecular weight excluding hydrogens is 322 g/mol. The molecule has 7 heteroatoms. The first-order chi connectivity index (χ1) is 11.9. The lowest BCUT2D eigenvalue weighted by Crippen LogP contribution is -2.60. The van der Waals surface area contributed by atoms with Crippen LogP contribution < -0.4 is 9.47 Å². The predicted molar refractivity (Wildman–Crippen MR) is 86.5 cm³/mol. The number of hydrogen-bond donors (Lipinski definition) is 0. The summed E-state index contributed by atoms with van der Waals surface area (Å²) in [6, 6.07) is 6.15. The Labute approximate surface area is 145 Å². The molecular formula is C18H19N3O4. The number of nitrogens with zero attached hydrogens (tertiary/aromatic N) is 3. The third-order valence-corrected chi connectivity index (χ3v) is 5.63. The van der Waals surface area contributed by atoms with E-state index in [1.165, 1.54) is 4.90 Å². The molecule has 2 saturated heterocycles. The van der Waals surface area contributed by atoms with Gasteiger partial charge in [0, 0.05) is 7.05 Å². The number of carbonyl (C=O) groups is 2. The average molecular weight is 341 g/mol. The van der Waals surface area contributed by atoms with Gasteiger partial charge in [-0.15, -0.1) is 0 Å². The van der Waals surface area contributed by atoms with Crippen molar-refractivity contribution in [3.05, 3.63) is 23.8 Å². The molecule has 2 unspecified atom stereocenters. The molecule has 25 heavy (non-hydrogen) atoms. The predicted octanol–water partition coefficient (Wildman–Crippen LogP) is 1.45. The number of piperazine rings is 1. The second-order valence-electron chi connectivity index (χ2n) is 7.14. The highest BCUT2D eigenvalue weighted by Gasteiger charge is 2.58. The number of likely N-dealkylation sites (N-methyl/N-ethyl adjacent to an activating group) is 1. The van der Waals surface area contributed by atoms with Gasteiger partial charge in [0.1, 0.15) is 12.1 Å². The van der Waals surface area contributed by atoms with Crippen LogP contribution >= 0.6 is 0 Å². The third kappa shape index (κ3) is 2.03. The highest BCUT2D eigenvalue weighted by molar-refractivity contribution is 5.97. The lowest BCUT2D eigenvalue weighted by atomic mass is 9.79. The van der Waals surface area contributed by atoms with Gasteiger partial charge in [-0.3, -0.25) is 9.59 Å². The number of fused-ring (bicyclic) bond motifs is 2. The molecule has 7 nitrogen and oxygen atoms in total. The minimum absolute atomic E-state index is 0.114. The lowest BCUT2D eigenvalue weighted by Gasteiger charge is -2.42. The van der Waals surface area contributed by atoms with E-state index in [-0.39, 0.29) is 18.6 Å². The Hall–Kier alpha value is -2.75. The SMILES string of the molecule is C[C@H]1C(=O)N2C(C[C@](C)(C#N)C2c2ccc3c(c2)OCO3)C(=O)N1C. The molecule has 0 N–H and O–H groups in total. The zero-order valence-electron chi connectivity index (χ0n) is 14.4. The van der Waals surface area contributed by atoms with E-state index in [9.17, 15) is 14.9 Å². The van der Waals surface area contributed by atoms with Crippen LogP contribution in [-0.2, 0) is 9.59 Å². The van der Waals surface area contributed by atoms with Gasteiger partial charge >= 0.3 is 0 Å². The van der Waals surface area contributed by atoms with E-state index in [1.807, 2.05) is 19.1 Å². The van der Waals surface area contributed by atoms with Crippen molar-refractivity contribution < 1.29 is 19.1 Å². The van der Waals surface area contributed by atoms with Crippen LogP contribution in [0.3, 0.4) is 0 Å². The van der Waals surface area contributed by atoms with Crippen LogP contribution in [0.25, 0.3) is 0 Å². The fourth-order valence-electron chi connectivity index (χ4n) is 4.11. The third-order valence-electron chi connectivity index (χ3n) is 5.63. The molecule has 2 fully saturated rings.